The molecule has 3 N–H and O–H groups in total. The molecular formula is C22H30N4O3. The lowest BCUT2D eigenvalue weighted by Gasteiger charge is -2.33. The van der Waals surface area contributed by atoms with Crippen molar-refractivity contribution >= 4 is 17.8 Å². The third-order valence-electron chi connectivity index (χ3n) is 6.11. The highest BCUT2D eigenvalue weighted by Gasteiger charge is 2.46. The fraction of sp³-hybridized carbons (Fsp3) is 0.591. The minimum Gasteiger partial charge on any atom is -0.490 e. The fourth-order valence-corrected chi connectivity index (χ4v) is 4.36. The summed E-state index contributed by atoms with van der Waals surface area (Å²) in [7, 11) is 0. The van der Waals surface area contributed by atoms with Crippen molar-refractivity contribution < 1.29 is 14.3 Å². The summed E-state index contributed by atoms with van der Waals surface area (Å²) in [6.07, 6.45) is 2.90. The molecule has 4 atom stereocenters. The van der Waals surface area contributed by atoms with Gasteiger partial charge in [0, 0.05) is 24.4 Å². The molecule has 0 saturated heterocycles. The predicted molar refractivity (Wildman–Crippen MR) is 110 cm³/mol. The van der Waals surface area contributed by atoms with Crippen molar-refractivity contribution in [2.75, 3.05) is 6.54 Å². The highest BCUT2D eigenvalue weighted by molar-refractivity contribution is 5.99. The molecule has 1 aliphatic carbocycles. The number of para-hydroxylation sites is 1. The van der Waals surface area contributed by atoms with Gasteiger partial charge in [-0.2, -0.15) is 0 Å². The topological polar surface area (TPSA) is 97.0 Å². The van der Waals surface area contributed by atoms with E-state index in [0.29, 0.717) is 13.0 Å². The van der Waals surface area contributed by atoms with Gasteiger partial charge in [0.2, 0.25) is 11.8 Å². The number of nitrogens with one attached hydrogen (secondary N) is 1. The maximum absolute atomic E-state index is 12.9. The molecule has 1 fully saturated rings. The van der Waals surface area contributed by atoms with Crippen molar-refractivity contribution in [1.29, 1.82) is 0 Å². The average molecular weight is 399 g/mol. The smallest absolute Gasteiger partial charge is 0.231 e. The summed E-state index contributed by atoms with van der Waals surface area (Å²) in [6.45, 7) is 6.36. The van der Waals surface area contributed by atoms with Gasteiger partial charge >= 0.3 is 0 Å². The zero-order valence-electron chi connectivity index (χ0n) is 17.4. The quantitative estimate of drug-likeness (QED) is 0.796. The Bertz CT molecular complexity index is 850. The lowest BCUT2D eigenvalue weighted by Crippen LogP contribution is -2.50. The molecule has 1 aromatic rings. The molecule has 0 radical (unpaired) electrons. The van der Waals surface area contributed by atoms with Gasteiger partial charge in [-0.3, -0.25) is 14.5 Å². The Hall–Kier alpha value is -2.57. The molecule has 4 rings (SSSR count). The van der Waals surface area contributed by atoms with Gasteiger partial charge in [-0.25, -0.2) is 4.99 Å². The van der Waals surface area contributed by atoms with Crippen molar-refractivity contribution in [2.45, 2.75) is 64.1 Å². The zero-order valence-corrected chi connectivity index (χ0v) is 17.4. The molecule has 7 nitrogen and oxygen atoms in total. The summed E-state index contributed by atoms with van der Waals surface area (Å²) in [5, 5.41) is 3.22. The number of rotatable bonds is 5. The van der Waals surface area contributed by atoms with Gasteiger partial charge in [-0.1, -0.05) is 25.1 Å². The van der Waals surface area contributed by atoms with E-state index in [1.807, 2.05) is 38.1 Å². The van der Waals surface area contributed by atoms with Crippen LogP contribution in [0.2, 0.25) is 0 Å². The second-order valence-corrected chi connectivity index (χ2v) is 9.05. The number of fused-ring (bicyclic) bond motifs is 1. The Morgan fingerprint density at radius 1 is 1.34 bits per heavy atom. The highest BCUT2D eigenvalue weighted by Crippen LogP contribution is 2.42. The van der Waals surface area contributed by atoms with Crippen LogP contribution in [0.1, 0.15) is 58.1 Å². The minimum absolute atomic E-state index is 0.0160. The van der Waals surface area contributed by atoms with Crippen molar-refractivity contribution in [3.63, 3.8) is 0 Å². The molecule has 2 amide bonds. The third kappa shape index (κ3) is 4.09. The van der Waals surface area contributed by atoms with E-state index in [9.17, 15) is 9.59 Å². The highest BCUT2D eigenvalue weighted by atomic mass is 16.5. The van der Waals surface area contributed by atoms with Crippen molar-refractivity contribution in [1.82, 2.24) is 10.2 Å². The molecule has 156 valence electrons. The number of carbonyl (C=O) groups excluding carboxylic acids is 2. The fourth-order valence-electron chi connectivity index (χ4n) is 4.36. The van der Waals surface area contributed by atoms with E-state index < -0.39 is 5.54 Å². The molecule has 0 bridgehead atoms. The van der Waals surface area contributed by atoms with Gasteiger partial charge < -0.3 is 15.8 Å². The van der Waals surface area contributed by atoms with E-state index in [0.717, 1.165) is 30.6 Å². The molecule has 2 aliphatic heterocycles. The van der Waals surface area contributed by atoms with E-state index in [1.165, 1.54) is 0 Å². The second kappa shape index (κ2) is 7.35. The minimum atomic E-state index is -0.454. The Labute approximate surface area is 171 Å². The van der Waals surface area contributed by atoms with Crippen LogP contribution in [-0.4, -0.2) is 40.9 Å². The Balaban J connectivity index is 1.38. The van der Waals surface area contributed by atoms with E-state index in [-0.39, 0.29) is 41.8 Å². The first-order valence-electron chi connectivity index (χ1n) is 10.5. The number of guanidine groups is 1. The first-order valence-corrected chi connectivity index (χ1v) is 10.5. The average Bonchev–Trinajstić information content (AvgIpc) is 3.43. The number of aliphatic imine (C=N–C) groups is 1. The number of ether oxygens (including phenoxy) is 1. The van der Waals surface area contributed by atoms with E-state index >= 15 is 0 Å². The number of hydrogen-bond acceptors (Lipinski definition) is 5. The largest absolute Gasteiger partial charge is 0.490 e. The Morgan fingerprint density at radius 2 is 2.10 bits per heavy atom. The first kappa shape index (κ1) is 19.7. The van der Waals surface area contributed by atoms with Gasteiger partial charge in [0.15, 0.2) is 5.96 Å². The molecular weight excluding hydrogens is 368 g/mol. The zero-order chi connectivity index (χ0) is 20.8. The monoisotopic (exact) mass is 398 g/mol. The molecule has 2 heterocycles. The van der Waals surface area contributed by atoms with Gasteiger partial charge in [-0.15, -0.1) is 0 Å². The summed E-state index contributed by atoms with van der Waals surface area (Å²) in [5.41, 5.74) is 6.60. The van der Waals surface area contributed by atoms with Crippen LogP contribution in [0.25, 0.3) is 0 Å². The second-order valence-electron chi connectivity index (χ2n) is 9.05. The predicted octanol–water partition coefficient (Wildman–Crippen LogP) is 2.37. The maximum Gasteiger partial charge on any atom is 0.231 e. The molecule has 0 spiro atoms. The first-order chi connectivity index (χ1) is 13.8. The molecule has 0 aromatic heterocycles. The molecule has 29 heavy (non-hydrogen) atoms. The molecule has 1 aromatic carbocycles. The van der Waals surface area contributed by atoms with Gasteiger partial charge in [-0.05, 0) is 38.7 Å². The maximum atomic E-state index is 12.9. The summed E-state index contributed by atoms with van der Waals surface area (Å²) < 4.78 is 6.01. The van der Waals surface area contributed by atoms with Crippen LogP contribution in [0.5, 0.6) is 5.75 Å². The lowest BCUT2D eigenvalue weighted by molar-refractivity contribution is -0.130. The number of nitrogens with two attached hydrogens (primary N) is 1. The Morgan fingerprint density at radius 3 is 2.83 bits per heavy atom. The van der Waals surface area contributed by atoms with E-state index in [4.69, 9.17) is 10.5 Å². The van der Waals surface area contributed by atoms with Crippen LogP contribution in [0.15, 0.2) is 29.3 Å². The third-order valence-corrected chi connectivity index (χ3v) is 6.11. The van der Waals surface area contributed by atoms with E-state index in [2.05, 4.69) is 17.2 Å². The van der Waals surface area contributed by atoms with Crippen LogP contribution >= 0.6 is 0 Å². The summed E-state index contributed by atoms with van der Waals surface area (Å²) in [5.74, 6) is 1.20. The normalized spacial score (nSPS) is 30.1. The molecule has 4 unspecified atom stereocenters. The number of benzene rings is 1. The van der Waals surface area contributed by atoms with Crippen LogP contribution in [0.3, 0.4) is 0 Å². The summed E-state index contributed by atoms with van der Waals surface area (Å²) in [4.78, 5) is 31.3. The van der Waals surface area contributed by atoms with Gasteiger partial charge in [0.1, 0.15) is 11.9 Å². The van der Waals surface area contributed by atoms with Crippen LogP contribution in [0, 0.1) is 11.8 Å². The van der Waals surface area contributed by atoms with Crippen LogP contribution in [0.4, 0.5) is 0 Å². The van der Waals surface area contributed by atoms with E-state index in [1.54, 1.807) is 4.90 Å². The standard InChI is InChI=1S/C22H30N4O3/c1-4-14-10-17(15-7-5-6-8-18(15)29-14)24-20(28)16-9-13(16)12-26-19(27)11-22(2,3)25-21(26)23/h5-8,13-14,16-17H,4,9-12H2,1-3H3,(H2,23,25)(H,24,28). The van der Waals surface area contributed by atoms with Crippen LogP contribution < -0.4 is 15.8 Å². The summed E-state index contributed by atoms with van der Waals surface area (Å²) in [6, 6.07) is 7.86. The SMILES string of the molecule is CCC1CC(NC(=O)C2CC2CN2C(=O)CC(C)(C)N=C2N)c2ccccc2O1. The number of nitrogens with zero attached hydrogens (tertiary/aromatic N) is 2. The van der Waals surface area contributed by atoms with Crippen molar-refractivity contribution in [3.05, 3.63) is 29.8 Å². The number of hydrogen-bond donors (Lipinski definition) is 2. The lowest BCUT2D eigenvalue weighted by atomic mass is 9.95. The number of amides is 2. The Kier molecular flexibility index (Phi) is 5.00. The number of carbonyl (C=O) groups is 2. The van der Waals surface area contributed by atoms with Crippen molar-refractivity contribution in [3.8, 4) is 5.75 Å². The summed E-state index contributed by atoms with van der Waals surface area (Å²) >= 11 is 0. The van der Waals surface area contributed by atoms with Gasteiger partial charge in [0.05, 0.1) is 18.0 Å². The molecule has 3 aliphatic rings. The molecule has 7 heteroatoms. The van der Waals surface area contributed by atoms with Gasteiger partial charge in [0.25, 0.3) is 0 Å². The van der Waals surface area contributed by atoms with Crippen LogP contribution in [-0.2, 0) is 9.59 Å². The molecule has 1 saturated carbocycles. The van der Waals surface area contributed by atoms with Crippen molar-refractivity contribution in [2.24, 2.45) is 22.6 Å².